The first-order valence-electron chi connectivity index (χ1n) is 5.75. The number of hydrogen-bond donors (Lipinski definition) is 2. The quantitative estimate of drug-likeness (QED) is 0.906. The van der Waals surface area contributed by atoms with Crippen molar-refractivity contribution in [2.24, 2.45) is 5.73 Å². The summed E-state index contributed by atoms with van der Waals surface area (Å²) < 4.78 is 0. The molecule has 0 saturated heterocycles. The largest absolute Gasteiger partial charge is 0.323 e. The van der Waals surface area contributed by atoms with Crippen molar-refractivity contribution < 1.29 is 4.79 Å². The number of pyridine rings is 1. The molecule has 2 rings (SSSR count). The molecule has 100 valence electrons. The molecule has 3 N–H and O–H groups in total. The molecule has 0 aliphatic heterocycles. The molecule has 19 heavy (non-hydrogen) atoms. The molecule has 4 nitrogen and oxygen atoms in total. The van der Waals surface area contributed by atoms with E-state index in [2.05, 4.69) is 10.3 Å². The van der Waals surface area contributed by atoms with Crippen LogP contribution in [0, 0.1) is 0 Å². The number of carbonyl (C=O) groups is 1. The third-order valence-electron chi connectivity index (χ3n) is 2.54. The molecule has 1 atom stereocenters. The summed E-state index contributed by atoms with van der Waals surface area (Å²) in [5, 5.41) is 2.82. The first-order valence-corrected chi connectivity index (χ1v) is 5.75. The van der Waals surface area contributed by atoms with E-state index in [1.165, 1.54) is 0 Å². The van der Waals surface area contributed by atoms with Gasteiger partial charge in [-0.25, -0.2) is 0 Å². The second-order valence-corrected chi connectivity index (χ2v) is 4.08. The Balaban J connectivity index is 0.00000180. The van der Waals surface area contributed by atoms with Crippen LogP contribution in [0.2, 0.25) is 0 Å². The van der Waals surface area contributed by atoms with Crippen molar-refractivity contribution in [3.63, 3.8) is 0 Å². The lowest BCUT2D eigenvalue weighted by Gasteiger charge is -2.08. The van der Waals surface area contributed by atoms with Gasteiger partial charge in [0.15, 0.2) is 0 Å². The summed E-state index contributed by atoms with van der Waals surface area (Å²) in [5.41, 5.74) is 7.82. The number of benzene rings is 1. The normalized spacial score (nSPS) is 11.3. The number of nitrogens with zero attached hydrogens (tertiary/aromatic N) is 1. The predicted octanol–water partition coefficient (Wildman–Crippen LogP) is 2.78. The number of rotatable bonds is 3. The van der Waals surface area contributed by atoms with Gasteiger partial charge < -0.3 is 11.1 Å². The van der Waals surface area contributed by atoms with Crippen molar-refractivity contribution >= 4 is 24.0 Å². The number of nitrogens with two attached hydrogens (primary N) is 1. The average Bonchev–Trinajstić information content (AvgIpc) is 2.40. The van der Waals surface area contributed by atoms with Crippen molar-refractivity contribution in [2.75, 3.05) is 5.32 Å². The maximum absolute atomic E-state index is 11.9. The van der Waals surface area contributed by atoms with Gasteiger partial charge in [0, 0.05) is 23.5 Å². The Morgan fingerprint density at radius 2 is 1.95 bits per heavy atom. The van der Waals surface area contributed by atoms with E-state index in [1.807, 2.05) is 25.1 Å². The average molecular weight is 278 g/mol. The lowest BCUT2D eigenvalue weighted by atomic mass is 10.2. The molecule has 1 amide bonds. The minimum Gasteiger partial charge on any atom is -0.323 e. The summed E-state index contributed by atoms with van der Waals surface area (Å²) in [6, 6.07) is 12.4. The zero-order chi connectivity index (χ0) is 13.0. The maximum atomic E-state index is 11.9. The Labute approximate surface area is 118 Å². The van der Waals surface area contributed by atoms with Gasteiger partial charge in [-0.2, -0.15) is 0 Å². The predicted molar refractivity (Wildman–Crippen MR) is 78.5 cm³/mol. The van der Waals surface area contributed by atoms with E-state index in [0.29, 0.717) is 11.3 Å². The van der Waals surface area contributed by atoms with Crippen LogP contribution < -0.4 is 11.1 Å². The number of halogens is 1. The lowest BCUT2D eigenvalue weighted by Crippen LogP contribution is -2.13. The zero-order valence-electron chi connectivity index (χ0n) is 10.5. The Morgan fingerprint density at radius 3 is 2.58 bits per heavy atom. The molecule has 1 aromatic carbocycles. The Bertz CT molecular complexity index is 543. The molecule has 1 heterocycles. The minimum absolute atomic E-state index is 0. The van der Waals surface area contributed by atoms with Crippen LogP contribution in [-0.4, -0.2) is 10.9 Å². The second kappa shape index (κ2) is 6.87. The van der Waals surface area contributed by atoms with Gasteiger partial charge in [-0.1, -0.05) is 18.2 Å². The molecule has 0 aliphatic carbocycles. The fourth-order valence-electron chi connectivity index (χ4n) is 1.57. The molecular weight excluding hydrogens is 262 g/mol. The monoisotopic (exact) mass is 277 g/mol. The lowest BCUT2D eigenvalue weighted by molar-refractivity contribution is 0.102. The molecule has 0 fully saturated rings. The zero-order valence-corrected chi connectivity index (χ0v) is 11.4. The molecule has 5 heteroatoms. The third-order valence-corrected chi connectivity index (χ3v) is 2.54. The number of hydrogen-bond acceptors (Lipinski definition) is 3. The number of nitrogens with one attached hydrogen (secondary N) is 1. The number of carbonyl (C=O) groups excluding carboxylic acids is 1. The number of amides is 1. The Hall–Kier alpha value is -1.91. The highest BCUT2D eigenvalue weighted by molar-refractivity contribution is 6.04. The van der Waals surface area contributed by atoms with E-state index in [9.17, 15) is 4.79 Å². The summed E-state index contributed by atoms with van der Waals surface area (Å²) in [4.78, 5) is 16.1. The van der Waals surface area contributed by atoms with Gasteiger partial charge >= 0.3 is 0 Å². The number of aromatic nitrogens is 1. The van der Waals surface area contributed by atoms with E-state index in [0.717, 1.165) is 5.69 Å². The van der Waals surface area contributed by atoms with Crippen LogP contribution >= 0.6 is 12.4 Å². The Morgan fingerprint density at radius 1 is 1.26 bits per heavy atom. The van der Waals surface area contributed by atoms with E-state index in [4.69, 9.17) is 5.73 Å². The minimum atomic E-state index is -0.154. The van der Waals surface area contributed by atoms with Crippen LogP contribution in [0.3, 0.4) is 0 Å². The van der Waals surface area contributed by atoms with Gasteiger partial charge in [-0.15, -0.1) is 12.4 Å². The SMILES string of the molecule is C[C@@H](N)c1cc(NC(=O)c2ccccc2)ccn1.Cl. The second-order valence-electron chi connectivity index (χ2n) is 4.08. The van der Waals surface area contributed by atoms with Gasteiger partial charge in [-0.05, 0) is 31.2 Å². The van der Waals surface area contributed by atoms with Gasteiger partial charge in [0.05, 0.1) is 5.69 Å². The van der Waals surface area contributed by atoms with Crippen LogP contribution in [0.5, 0.6) is 0 Å². The maximum Gasteiger partial charge on any atom is 0.255 e. The molecule has 2 aromatic rings. The standard InChI is InChI=1S/C14H15N3O.ClH/c1-10(15)13-9-12(7-8-16-13)17-14(18)11-5-3-2-4-6-11;/h2-10H,15H2,1H3,(H,16,17,18);1H/t10-;/m1./s1. The van der Waals surface area contributed by atoms with Gasteiger partial charge in [0.2, 0.25) is 0 Å². The van der Waals surface area contributed by atoms with Crippen molar-refractivity contribution in [2.45, 2.75) is 13.0 Å². The summed E-state index contributed by atoms with van der Waals surface area (Å²) in [7, 11) is 0. The fraction of sp³-hybridized carbons (Fsp3) is 0.143. The Kier molecular flexibility index (Phi) is 5.48. The van der Waals surface area contributed by atoms with Gasteiger partial charge in [-0.3, -0.25) is 9.78 Å². The highest BCUT2D eigenvalue weighted by Gasteiger charge is 2.07. The first-order chi connectivity index (χ1) is 8.66. The highest BCUT2D eigenvalue weighted by Crippen LogP contribution is 2.13. The van der Waals surface area contributed by atoms with Crippen molar-refractivity contribution in [1.82, 2.24) is 4.98 Å². The molecule has 0 aliphatic rings. The van der Waals surface area contributed by atoms with Gasteiger partial charge in [0.1, 0.15) is 0 Å². The van der Waals surface area contributed by atoms with Crippen LogP contribution in [0.4, 0.5) is 5.69 Å². The van der Waals surface area contributed by atoms with E-state index in [1.54, 1.807) is 30.5 Å². The van der Waals surface area contributed by atoms with E-state index >= 15 is 0 Å². The topological polar surface area (TPSA) is 68.0 Å². The van der Waals surface area contributed by atoms with Crippen molar-refractivity contribution in [3.8, 4) is 0 Å². The van der Waals surface area contributed by atoms with E-state index in [-0.39, 0.29) is 24.4 Å². The van der Waals surface area contributed by atoms with Crippen LogP contribution in [0.15, 0.2) is 48.7 Å². The molecule has 1 aromatic heterocycles. The van der Waals surface area contributed by atoms with Crippen molar-refractivity contribution in [3.05, 3.63) is 59.9 Å². The van der Waals surface area contributed by atoms with Crippen LogP contribution in [-0.2, 0) is 0 Å². The summed E-state index contributed by atoms with van der Waals surface area (Å²) >= 11 is 0. The molecule has 0 radical (unpaired) electrons. The molecule has 0 spiro atoms. The third kappa shape index (κ3) is 4.05. The fourth-order valence-corrected chi connectivity index (χ4v) is 1.57. The van der Waals surface area contributed by atoms with Crippen molar-refractivity contribution in [1.29, 1.82) is 0 Å². The van der Waals surface area contributed by atoms with Crippen LogP contribution in [0.25, 0.3) is 0 Å². The first kappa shape index (κ1) is 15.1. The molecule has 0 saturated carbocycles. The summed E-state index contributed by atoms with van der Waals surface area (Å²) in [6.45, 7) is 1.85. The highest BCUT2D eigenvalue weighted by atomic mass is 35.5. The number of anilines is 1. The molecule has 0 bridgehead atoms. The van der Waals surface area contributed by atoms with Crippen LogP contribution in [0.1, 0.15) is 29.0 Å². The van der Waals surface area contributed by atoms with Gasteiger partial charge in [0.25, 0.3) is 5.91 Å². The summed E-state index contributed by atoms with van der Waals surface area (Å²) in [6.07, 6.45) is 1.64. The summed E-state index contributed by atoms with van der Waals surface area (Å²) in [5.74, 6) is -0.141. The van der Waals surface area contributed by atoms with E-state index < -0.39 is 0 Å². The smallest absolute Gasteiger partial charge is 0.255 e. The molecular formula is C14H16ClN3O. The molecule has 0 unspecified atom stereocenters.